The van der Waals surface area contributed by atoms with E-state index in [9.17, 15) is 4.79 Å². The minimum Gasteiger partial charge on any atom is -0.457 e. The summed E-state index contributed by atoms with van der Waals surface area (Å²) in [6, 6.07) is 26.8. The Morgan fingerprint density at radius 3 is 2.10 bits per heavy atom. The van der Waals surface area contributed by atoms with Crippen LogP contribution in [0.2, 0.25) is 0 Å². The zero-order valence-corrected chi connectivity index (χ0v) is 16.2. The Labute approximate surface area is 174 Å². The summed E-state index contributed by atoms with van der Waals surface area (Å²) in [5.74, 6) is 1.81. The summed E-state index contributed by atoms with van der Waals surface area (Å²) in [7, 11) is 0. The van der Waals surface area contributed by atoms with Gasteiger partial charge in [0.1, 0.15) is 23.0 Å². The Morgan fingerprint density at radius 1 is 0.767 bits per heavy atom. The quantitative estimate of drug-likeness (QED) is 0.463. The number of rotatable bonds is 7. The minimum atomic E-state index is -0.264. The summed E-state index contributed by atoms with van der Waals surface area (Å²) in [4.78, 5) is 20.7. The number of nitrogens with one attached hydrogen (secondary N) is 2. The van der Waals surface area contributed by atoms with Gasteiger partial charge < -0.3 is 15.4 Å². The van der Waals surface area contributed by atoms with Crippen LogP contribution in [-0.2, 0) is 6.54 Å². The van der Waals surface area contributed by atoms with E-state index in [0.29, 0.717) is 12.4 Å². The molecule has 6 nitrogen and oxygen atoms in total. The number of anilines is 2. The fourth-order valence-electron chi connectivity index (χ4n) is 2.76. The van der Waals surface area contributed by atoms with Gasteiger partial charge in [0.2, 0.25) is 0 Å². The number of ether oxygens (including phenoxy) is 1. The van der Waals surface area contributed by atoms with Gasteiger partial charge in [-0.1, -0.05) is 48.5 Å². The second kappa shape index (κ2) is 9.34. The number of aromatic nitrogens is 2. The number of carbonyl (C=O) groups is 1. The maximum Gasteiger partial charge on any atom is 0.271 e. The lowest BCUT2D eigenvalue weighted by atomic mass is 10.2. The highest BCUT2D eigenvalue weighted by Crippen LogP contribution is 2.23. The third-order valence-corrected chi connectivity index (χ3v) is 4.29. The van der Waals surface area contributed by atoms with Crippen LogP contribution in [0.15, 0.2) is 97.3 Å². The monoisotopic (exact) mass is 396 g/mol. The SMILES string of the molecule is O=C(NCc1ccccc1)c1cnc(Nc2ccc(Oc3ccccc3)cc2)cn1. The van der Waals surface area contributed by atoms with Crippen LogP contribution in [0.4, 0.5) is 11.5 Å². The molecule has 0 atom stereocenters. The van der Waals surface area contributed by atoms with E-state index in [1.165, 1.54) is 12.4 Å². The first-order valence-electron chi connectivity index (χ1n) is 9.50. The van der Waals surface area contributed by atoms with E-state index in [2.05, 4.69) is 20.6 Å². The Kier molecular flexibility index (Phi) is 5.96. The van der Waals surface area contributed by atoms with Crippen LogP contribution in [0.3, 0.4) is 0 Å². The van der Waals surface area contributed by atoms with Crippen molar-refractivity contribution in [3.05, 3.63) is 109 Å². The fraction of sp³-hybridized carbons (Fsp3) is 0.0417. The van der Waals surface area contributed by atoms with E-state index in [4.69, 9.17) is 4.74 Å². The van der Waals surface area contributed by atoms with Crippen LogP contribution >= 0.6 is 0 Å². The number of para-hydroxylation sites is 1. The summed E-state index contributed by atoms with van der Waals surface area (Å²) in [6.45, 7) is 0.443. The normalized spacial score (nSPS) is 10.3. The van der Waals surface area contributed by atoms with Crippen molar-refractivity contribution in [2.75, 3.05) is 5.32 Å². The van der Waals surface area contributed by atoms with Gasteiger partial charge in [-0.05, 0) is 42.0 Å². The molecule has 0 aliphatic heterocycles. The van der Waals surface area contributed by atoms with Crippen molar-refractivity contribution in [1.82, 2.24) is 15.3 Å². The van der Waals surface area contributed by atoms with Crippen molar-refractivity contribution in [3.8, 4) is 11.5 Å². The second-order valence-electron chi connectivity index (χ2n) is 6.52. The van der Waals surface area contributed by atoms with Gasteiger partial charge in [0.25, 0.3) is 5.91 Å². The molecule has 0 unspecified atom stereocenters. The lowest BCUT2D eigenvalue weighted by molar-refractivity contribution is 0.0945. The first-order chi connectivity index (χ1) is 14.8. The molecule has 0 saturated carbocycles. The maximum atomic E-state index is 12.2. The van der Waals surface area contributed by atoms with Crippen LogP contribution < -0.4 is 15.4 Å². The van der Waals surface area contributed by atoms with Crippen LogP contribution in [0.25, 0.3) is 0 Å². The maximum absolute atomic E-state index is 12.2. The molecule has 3 aromatic carbocycles. The smallest absolute Gasteiger partial charge is 0.271 e. The molecule has 0 fully saturated rings. The van der Waals surface area contributed by atoms with E-state index in [-0.39, 0.29) is 11.6 Å². The minimum absolute atomic E-state index is 0.264. The number of benzene rings is 3. The van der Waals surface area contributed by atoms with Gasteiger partial charge in [-0.3, -0.25) is 4.79 Å². The van der Waals surface area contributed by atoms with E-state index in [1.54, 1.807) is 0 Å². The van der Waals surface area contributed by atoms with E-state index < -0.39 is 0 Å². The van der Waals surface area contributed by atoms with Crippen molar-refractivity contribution in [3.63, 3.8) is 0 Å². The molecule has 0 saturated heterocycles. The predicted molar refractivity (Wildman–Crippen MR) is 116 cm³/mol. The third-order valence-electron chi connectivity index (χ3n) is 4.29. The Bertz CT molecular complexity index is 1080. The van der Waals surface area contributed by atoms with Crippen molar-refractivity contribution in [2.45, 2.75) is 6.54 Å². The molecule has 1 aromatic heterocycles. The number of carbonyl (C=O) groups excluding carboxylic acids is 1. The largest absolute Gasteiger partial charge is 0.457 e. The zero-order valence-electron chi connectivity index (χ0n) is 16.2. The van der Waals surface area contributed by atoms with Crippen molar-refractivity contribution < 1.29 is 9.53 Å². The van der Waals surface area contributed by atoms with Gasteiger partial charge in [-0.2, -0.15) is 0 Å². The van der Waals surface area contributed by atoms with Gasteiger partial charge in [-0.15, -0.1) is 0 Å². The number of nitrogens with zero attached hydrogens (tertiary/aromatic N) is 2. The van der Waals surface area contributed by atoms with Gasteiger partial charge in [-0.25, -0.2) is 9.97 Å². The highest BCUT2D eigenvalue weighted by Gasteiger charge is 2.08. The molecule has 4 rings (SSSR count). The molecule has 0 spiro atoms. The Balaban J connectivity index is 1.32. The standard InChI is InChI=1S/C24H20N4O2/c29-24(27-15-18-7-3-1-4-8-18)22-16-26-23(17-25-22)28-19-11-13-21(14-12-19)30-20-9-5-2-6-10-20/h1-14,16-17H,15H2,(H,26,28)(H,27,29). The molecule has 0 radical (unpaired) electrons. The van der Waals surface area contributed by atoms with E-state index in [1.807, 2.05) is 84.9 Å². The van der Waals surface area contributed by atoms with E-state index in [0.717, 1.165) is 22.7 Å². The number of amides is 1. The van der Waals surface area contributed by atoms with Crippen LogP contribution in [0.1, 0.15) is 16.1 Å². The summed E-state index contributed by atoms with van der Waals surface area (Å²) in [5.41, 5.74) is 2.13. The second-order valence-corrected chi connectivity index (χ2v) is 6.52. The highest BCUT2D eigenvalue weighted by molar-refractivity contribution is 5.92. The first kappa shape index (κ1) is 19.1. The van der Waals surface area contributed by atoms with Gasteiger partial charge >= 0.3 is 0 Å². The topological polar surface area (TPSA) is 76.1 Å². The first-order valence-corrected chi connectivity index (χ1v) is 9.50. The van der Waals surface area contributed by atoms with Gasteiger partial charge in [0, 0.05) is 12.2 Å². The van der Waals surface area contributed by atoms with Crippen LogP contribution in [-0.4, -0.2) is 15.9 Å². The summed E-state index contributed by atoms with van der Waals surface area (Å²) < 4.78 is 5.78. The number of hydrogen-bond acceptors (Lipinski definition) is 5. The van der Waals surface area contributed by atoms with Crippen molar-refractivity contribution >= 4 is 17.4 Å². The molecule has 0 bridgehead atoms. The average Bonchev–Trinajstić information content (AvgIpc) is 2.81. The van der Waals surface area contributed by atoms with Crippen molar-refractivity contribution in [1.29, 1.82) is 0 Å². The molecular weight excluding hydrogens is 376 g/mol. The Morgan fingerprint density at radius 2 is 1.43 bits per heavy atom. The third kappa shape index (κ3) is 5.20. The summed E-state index contributed by atoms with van der Waals surface area (Å²) >= 11 is 0. The average molecular weight is 396 g/mol. The molecule has 0 aliphatic rings. The van der Waals surface area contributed by atoms with Gasteiger partial charge in [0.15, 0.2) is 0 Å². The summed E-state index contributed by atoms with van der Waals surface area (Å²) in [6.07, 6.45) is 2.99. The molecule has 4 aromatic rings. The molecular formula is C24H20N4O2. The lowest BCUT2D eigenvalue weighted by Gasteiger charge is -2.09. The Hall–Kier alpha value is -4.19. The molecule has 1 heterocycles. The highest BCUT2D eigenvalue weighted by atomic mass is 16.5. The van der Waals surface area contributed by atoms with E-state index >= 15 is 0 Å². The molecule has 2 N–H and O–H groups in total. The molecule has 30 heavy (non-hydrogen) atoms. The van der Waals surface area contributed by atoms with Crippen LogP contribution in [0, 0.1) is 0 Å². The lowest BCUT2D eigenvalue weighted by Crippen LogP contribution is -2.24. The van der Waals surface area contributed by atoms with Crippen molar-refractivity contribution in [2.24, 2.45) is 0 Å². The zero-order chi connectivity index (χ0) is 20.6. The van der Waals surface area contributed by atoms with Crippen LogP contribution in [0.5, 0.6) is 11.5 Å². The molecule has 0 aliphatic carbocycles. The molecule has 6 heteroatoms. The summed E-state index contributed by atoms with van der Waals surface area (Å²) in [5, 5.41) is 5.99. The molecule has 148 valence electrons. The fourth-order valence-corrected chi connectivity index (χ4v) is 2.76. The predicted octanol–water partition coefficient (Wildman–Crippen LogP) is 4.94. The van der Waals surface area contributed by atoms with Gasteiger partial charge in [0.05, 0.1) is 12.4 Å². The molecule has 1 amide bonds. The number of hydrogen-bond donors (Lipinski definition) is 2.